The summed E-state index contributed by atoms with van der Waals surface area (Å²) in [6, 6.07) is 10.3. The highest BCUT2D eigenvalue weighted by Crippen LogP contribution is 2.21. The monoisotopic (exact) mass is 364 g/mol. The SMILES string of the molecule is CC(=O)N(CCNS(=O)(=O)c1ccc(F)cc1)c1ccc(C)cc1C. The Balaban J connectivity index is 2.09. The second-order valence-corrected chi connectivity index (χ2v) is 7.58. The maximum absolute atomic E-state index is 12.9. The van der Waals surface area contributed by atoms with E-state index in [0.717, 1.165) is 28.9 Å². The molecule has 1 N–H and O–H groups in total. The summed E-state index contributed by atoms with van der Waals surface area (Å²) in [7, 11) is -3.75. The molecule has 0 radical (unpaired) electrons. The number of benzene rings is 2. The Bertz CT molecular complexity index is 864. The second-order valence-electron chi connectivity index (χ2n) is 5.81. The van der Waals surface area contributed by atoms with Crippen LogP contribution < -0.4 is 9.62 Å². The molecule has 7 heteroatoms. The molecule has 0 heterocycles. The molecule has 0 saturated carbocycles. The van der Waals surface area contributed by atoms with Crippen LogP contribution in [-0.4, -0.2) is 27.4 Å². The number of rotatable bonds is 6. The van der Waals surface area contributed by atoms with Crippen molar-refractivity contribution in [2.75, 3.05) is 18.0 Å². The van der Waals surface area contributed by atoms with E-state index >= 15 is 0 Å². The van der Waals surface area contributed by atoms with Gasteiger partial charge in [0.25, 0.3) is 0 Å². The van der Waals surface area contributed by atoms with Gasteiger partial charge >= 0.3 is 0 Å². The van der Waals surface area contributed by atoms with E-state index in [1.54, 1.807) is 0 Å². The van der Waals surface area contributed by atoms with Crippen molar-refractivity contribution in [3.8, 4) is 0 Å². The van der Waals surface area contributed by atoms with Crippen molar-refractivity contribution >= 4 is 21.6 Å². The minimum atomic E-state index is -3.75. The Labute approximate surface area is 147 Å². The number of hydrogen-bond donors (Lipinski definition) is 1. The van der Waals surface area contributed by atoms with Crippen LogP contribution in [0.3, 0.4) is 0 Å². The molecule has 2 aromatic rings. The molecule has 134 valence electrons. The standard InChI is InChI=1S/C18H21FN2O3S/c1-13-4-9-18(14(2)12-13)21(15(3)22)11-10-20-25(23,24)17-7-5-16(19)6-8-17/h4-9,12,20H,10-11H2,1-3H3. The van der Waals surface area contributed by atoms with Gasteiger partial charge < -0.3 is 4.90 Å². The molecule has 0 aliphatic carbocycles. The minimum Gasteiger partial charge on any atom is -0.311 e. The molecule has 1 amide bonds. The van der Waals surface area contributed by atoms with Crippen molar-refractivity contribution in [2.24, 2.45) is 0 Å². The number of carbonyl (C=O) groups excluding carboxylic acids is 1. The van der Waals surface area contributed by atoms with Crippen LogP contribution >= 0.6 is 0 Å². The summed E-state index contributed by atoms with van der Waals surface area (Å²) in [5.74, 6) is -0.676. The third-order valence-corrected chi connectivity index (χ3v) is 5.25. The highest BCUT2D eigenvalue weighted by atomic mass is 32.2. The first-order chi connectivity index (χ1) is 11.7. The van der Waals surface area contributed by atoms with Gasteiger partial charge in [-0.15, -0.1) is 0 Å². The summed E-state index contributed by atoms with van der Waals surface area (Å²) in [4.78, 5) is 13.5. The zero-order valence-electron chi connectivity index (χ0n) is 14.4. The van der Waals surface area contributed by atoms with Gasteiger partial charge in [0, 0.05) is 25.7 Å². The van der Waals surface area contributed by atoms with Crippen LogP contribution in [0.15, 0.2) is 47.4 Å². The second kappa shape index (κ2) is 7.76. The van der Waals surface area contributed by atoms with Gasteiger partial charge in [0.05, 0.1) is 4.90 Å². The highest BCUT2D eigenvalue weighted by Gasteiger charge is 2.17. The predicted molar refractivity (Wildman–Crippen MR) is 95.5 cm³/mol. The quantitative estimate of drug-likeness (QED) is 0.857. The average Bonchev–Trinajstić information content (AvgIpc) is 2.52. The van der Waals surface area contributed by atoms with E-state index in [4.69, 9.17) is 0 Å². The van der Waals surface area contributed by atoms with Gasteiger partial charge in [0.15, 0.2) is 0 Å². The molecule has 0 bridgehead atoms. The summed E-state index contributed by atoms with van der Waals surface area (Å²) < 4.78 is 39.8. The van der Waals surface area contributed by atoms with E-state index in [1.807, 2.05) is 32.0 Å². The molecule has 0 atom stereocenters. The highest BCUT2D eigenvalue weighted by molar-refractivity contribution is 7.89. The van der Waals surface area contributed by atoms with Crippen molar-refractivity contribution in [3.05, 3.63) is 59.4 Å². The van der Waals surface area contributed by atoms with Gasteiger partial charge in [0.1, 0.15) is 5.82 Å². The zero-order chi connectivity index (χ0) is 18.6. The molecule has 25 heavy (non-hydrogen) atoms. The van der Waals surface area contributed by atoms with Crippen LogP contribution in [0.1, 0.15) is 18.1 Å². The average molecular weight is 364 g/mol. The topological polar surface area (TPSA) is 66.5 Å². The molecule has 0 saturated heterocycles. The van der Waals surface area contributed by atoms with Crippen molar-refractivity contribution in [1.82, 2.24) is 4.72 Å². The smallest absolute Gasteiger partial charge is 0.240 e. The molecule has 0 spiro atoms. The van der Waals surface area contributed by atoms with Crippen molar-refractivity contribution in [2.45, 2.75) is 25.7 Å². The normalized spacial score (nSPS) is 11.4. The van der Waals surface area contributed by atoms with Gasteiger partial charge in [-0.3, -0.25) is 4.79 Å². The zero-order valence-corrected chi connectivity index (χ0v) is 15.2. The lowest BCUT2D eigenvalue weighted by Gasteiger charge is -2.23. The van der Waals surface area contributed by atoms with Crippen molar-refractivity contribution in [1.29, 1.82) is 0 Å². The third-order valence-electron chi connectivity index (χ3n) is 3.77. The fourth-order valence-electron chi connectivity index (χ4n) is 2.54. The summed E-state index contributed by atoms with van der Waals surface area (Å²) in [5, 5.41) is 0. The van der Waals surface area contributed by atoms with E-state index < -0.39 is 15.8 Å². The van der Waals surface area contributed by atoms with Gasteiger partial charge in [-0.1, -0.05) is 17.7 Å². The number of amides is 1. The Morgan fingerprint density at radius 3 is 2.32 bits per heavy atom. The van der Waals surface area contributed by atoms with Crippen molar-refractivity contribution in [3.63, 3.8) is 0 Å². The number of halogens is 1. The first-order valence-corrected chi connectivity index (χ1v) is 9.29. The van der Waals surface area contributed by atoms with E-state index in [9.17, 15) is 17.6 Å². The fourth-order valence-corrected chi connectivity index (χ4v) is 3.57. The molecule has 2 aromatic carbocycles. The molecular formula is C18H21FN2O3S. The first-order valence-electron chi connectivity index (χ1n) is 7.81. The van der Waals surface area contributed by atoms with Crippen LogP contribution in [0.4, 0.5) is 10.1 Å². The summed E-state index contributed by atoms with van der Waals surface area (Å²) in [6.45, 7) is 5.55. The molecule has 0 aromatic heterocycles. The number of nitrogens with zero attached hydrogens (tertiary/aromatic N) is 1. The van der Waals surface area contributed by atoms with Crippen LogP contribution in [0.5, 0.6) is 0 Å². The number of aryl methyl sites for hydroxylation is 2. The number of sulfonamides is 1. The van der Waals surface area contributed by atoms with E-state index in [0.29, 0.717) is 0 Å². The largest absolute Gasteiger partial charge is 0.311 e. The van der Waals surface area contributed by atoms with E-state index in [-0.39, 0.29) is 23.9 Å². The summed E-state index contributed by atoms with van der Waals surface area (Å²) in [5.41, 5.74) is 2.78. The number of hydrogen-bond acceptors (Lipinski definition) is 3. The Morgan fingerprint density at radius 1 is 1.12 bits per heavy atom. The first kappa shape index (κ1) is 19.1. The molecule has 5 nitrogen and oxygen atoms in total. The summed E-state index contributed by atoms with van der Waals surface area (Å²) >= 11 is 0. The van der Waals surface area contributed by atoms with Gasteiger partial charge in [-0.2, -0.15) is 0 Å². The van der Waals surface area contributed by atoms with Crippen LogP contribution in [0.2, 0.25) is 0 Å². The third kappa shape index (κ3) is 4.87. The minimum absolute atomic E-state index is 0.0187. The Hall–Kier alpha value is -2.25. The van der Waals surface area contributed by atoms with Crippen molar-refractivity contribution < 1.29 is 17.6 Å². The summed E-state index contributed by atoms with van der Waals surface area (Å²) in [6.07, 6.45) is 0. The van der Waals surface area contributed by atoms with Gasteiger partial charge in [-0.05, 0) is 49.7 Å². The lowest BCUT2D eigenvalue weighted by atomic mass is 10.1. The lowest BCUT2D eigenvalue weighted by molar-refractivity contribution is -0.116. The van der Waals surface area contributed by atoms with Gasteiger partial charge in [-0.25, -0.2) is 17.5 Å². The molecule has 2 rings (SSSR count). The molecule has 0 aliphatic rings. The van der Waals surface area contributed by atoms with Crippen LogP contribution in [-0.2, 0) is 14.8 Å². The maximum Gasteiger partial charge on any atom is 0.240 e. The lowest BCUT2D eigenvalue weighted by Crippen LogP contribution is -2.37. The molecule has 0 fully saturated rings. The van der Waals surface area contributed by atoms with E-state index in [2.05, 4.69) is 4.72 Å². The van der Waals surface area contributed by atoms with E-state index in [1.165, 1.54) is 24.0 Å². The maximum atomic E-state index is 12.9. The molecular weight excluding hydrogens is 343 g/mol. The Kier molecular flexibility index (Phi) is 5.92. The molecule has 0 aliphatic heterocycles. The Morgan fingerprint density at radius 2 is 1.76 bits per heavy atom. The number of carbonyl (C=O) groups is 1. The number of anilines is 1. The molecule has 0 unspecified atom stereocenters. The van der Waals surface area contributed by atoms with Gasteiger partial charge in [0.2, 0.25) is 15.9 Å². The van der Waals surface area contributed by atoms with Crippen LogP contribution in [0, 0.1) is 19.7 Å². The van der Waals surface area contributed by atoms with Crippen LogP contribution in [0.25, 0.3) is 0 Å². The fraction of sp³-hybridized carbons (Fsp3) is 0.278. The predicted octanol–water partition coefficient (Wildman–Crippen LogP) is 2.77. The number of nitrogens with one attached hydrogen (secondary N) is 1.